The van der Waals surface area contributed by atoms with Gasteiger partial charge in [0.1, 0.15) is 0 Å². The van der Waals surface area contributed by atoms with E-state index in [4.69, 9.17) is 5.73 Å². The first kappa shape index (κ1) is 24.4. The molecule has 0 amide bonds. The number of hydrogen-bond acceptors (Lipinski definition) is 3. The Morgan fingerprint density at radius 1 is 1.15 bits per heavy atom. The van der Waals surface area contributed by atoms with Crippen LogP contribution in [0.25, 0.3) is 11.1 Å². The van der Waals surface area contributed by atoms with Crippen molar-refractivity contribution in [3.8, 4) is 11.1 Å². The van der Waals surface area contributed by atoms with Crippen LogP contribution in [0.3, 0.4) is 0 Å². The highest BCUT2D eigenvalue weighted by atomic mass is 35.5. The van der Waals surface area contributed by atoms with E-state index in [9.17, 15) is 9.90 Å². The van der Waals surface area contributed by atoms with E-state index in [1.54, 1.807) is 0 Å². The predicted octanol–water partition coefficient (Wildman–Crippen LogP) is 4.82. The number of pyridine rings is 1. The summed E-state index contributed by atoms with van der Waals surface area (Å²) in [4.78, 5) is 16.6. The van der Waals surface area contributed by atoms with Crippen LogP contribution in [0, 0.1) is 12.8 Å². The number of aromatic carboxylic acids is 1. The smallest absolute Gasteiger partial charge is 0.338 e. The van der Waals surface area contributed by atoms with Crippen LogP contribution in [0.15, 0.2) is 24.3 Å². The van der Waals surface area contributed by atoms with E-state index in [0.29, 0.717) is 18.0 Å². The number of halogens is 2. The summed E-state index contributed by atoms with van der Waals surface area (Å²) in [6, 6.07) is 7.93. The molecule has 144 valence electrons. The highest BCUT2D eigenvalue weighted by Crippen LogP contribution is 2.33. The second kappa shape index (κ2) is 10.5. The quantitative estimate of drug-likeness (QED) is 0.730. The number of carbonyl (C=O) groups is 1. The molecule has 1 heterocycles. The number of rotatable bonds is 6. The van der Waals surface area contributed by atoms with Gasteiger partial charge in [-0.05, 0) is 36.8 Å². The molecule has 0 aliphatic carbocycles. The molecule has 2 rings (SSSR count). The maximum absolute atomic E-state index is 12.0. The fourth-order valence-corrected chi connectivity index (χ4v) is 3.03. The van der Waals surface area contributed by atoms with Gasteiger partial charge in [0.25, 0.3) is 0 Å². The Bertz CT molecular complexity index is 744. The van der Waals surface area contributed by atoms with Crippen LogP contribution >= 0.6 is 24.8 Å². The van der Waals surface area contributed by atoms with E-state index < -0.39 is 5.97 Å². The molecule has 0 fully saturated rings. The van der Waals surface area contributed by atoms with E-state index in [-0.39, 0.29) is 36.9 Å². The third-order valence-electron chi connectivity index (χ3n) is 4.15. The van der Waals surface area contributed by atoms with Crippen molar-refractivity contribution in [2.75, 3.05) is 0 Å². The molecule has 0 unspecified atom stereocenters. The molecule has 0 saturated heterocycles. The summed E-state index contributed by atoms with van der Waals surface area (Å²) < 4.78 is 0. The van der Waals surface area contributed by atoms with Crippen molar-refractivity contribution in [2.45, 2.75) is 47.1 Å². The van der Waals surface area contributed by atoms with Crippen LogP contribution in [0.4, 0.5) is 0 Å². The number of aromatic nitrogens is 1. The molecule has 0 aliphatic heterocycles. The monoisotopic (exact) mass is 398 g/mol. The van der Waals surface area contributed by atoms with Crippen molar-refractivity contribution >= 4 is 30.8 Å². The van der Waals surface area contributed by atoms with Crippen LogP contribution in [0.1, 0.15) is 53.6 Å². The molecule has 0 spiro atoms. The van der Waals surface area contributed by atoms with Gasteiger partial charge in [0.2, 0.25) is 0 Å². The normalized spacial score (nSPS) is 10.2. The van der Waals surface area contributed by atoms with Gasteiger partial charge >= 0.3 is 5.97 Å². The van der Waals surface area contributed by atoms with Crippen molar-refractivity contribution < 1.29 is 9.90 Å². The number of aryl methyl sites for hydroxylation is 2. The average Bonchev–Trinajstić information content (AvgIpc) is 2.53. The molecule has 0 saturated carbocycles. The van der Waals surface area contributed by atoms with E-state index in [1.165, 1.54) is 0 Å². The molecule has 2 aromatic rings. The fourth-order valence-electron chi connectivity index (χ4n) is 3.03. The Kier molecular flexibility index (Phi) is 9.85. The lowest BCUT2D eigenvalue weighted by molar-refractivity contribution is 0.0696. The minimum atomic E-state index is -0.944. The highest BCUT2D eigenvalue weighted by molar-refractivity contribution is 5.98. The number of nitrogens with two attached hydrogens (primary N) is 1. The zero-order chi connectivity index (χ0) is 17.9. The van der Waals surface area contributed by atoms with Gasteiger partial charge in [0.05, 0.1) is 11.3 Å². The van der Waals surface area contributed by atoms with Gasteiger partial charge in [-0.1, -0.05) is 50.6 Å². The lowest BCUT2D eigenvalue weighted by Crippen LogP contribution is -2.16. The lowest BCUT2D eigenvalue weighted by Gasteiger charge is -2.20. The first-order valence-corrected chi connectivity index (χ1v) is 8.44. The van der Waals surface area contributed by atoms with Crippen molar-refractivity contribution in [2.24, 2.45) is 11.7 Å². The molecule has 0 radical (unpaired) electrons. The van der Waals surface area contributed by atoms with E-state index >= 15 is 0 Å². The van der Waals surface area contributed by atoms with Crippen molar-refractivity contribution in [1.29, 1.82) is 0 Å². The lowest BCUT2D eigenvalue weighted by atomic mass is 9.89. The zero-order valence-electron chi connectivity index (χ0n) is 15.7. The number of hydrogen-bond donors (Lipinski definition) is 2. The SMILES string of the molecule is CCc1nc(CC(C)C)c(CN)c(-c2ccc(C)cc2)c1C(=O)O.Cl.Cl. The third-order valence-corrected chi connectivity index (χ3v) is 4.15. The summed E-state index contributed by atoms with van der Waals surface area (Å²) in [5.74, 6) is -0.519. The number of carboxylic acid groups (broad SMARTS) is 1. The second-order valence-corrected chi connectivity index (χ2v) is 6.56. The summed E-state index contributed by atoms with van der Waals surface area (Å²) in [5, 5.41) is 9.81. The summed E-state index contributed by atoms with van der Waals surface area (Å²) in [5.41, 5.74) is 11.5. The third kappa shape index (κ3) is 5.19. The van der Waals surface area contributed by atoms with Gasteiger partial charge < -0.3 is 10.8 Å². The van der Waals surface area contributed by atoms with Crippen LogP contribution in [-0.2, 0) is 19.4 Å². The fraction of sp³-hybridized carbons (Fsp3) is 0.400. The number of carboxylic acids is 1. The Morgan fingerprint density at radius 2 is 1.73 bits per heavy atom. The largest absolute Gasteiger partial charge is 0.478 e. The van der Waals surface area contributed by atoms with E-state index in [0.717, 1.165) is 34.4 Å². The maximum Gasteiger partial charge on any atom is 0.338 e. The van der Waals surface area contributed by atoms with Gasteiger partial charge in [0.15, 0.2) is 0 Å². The molecule has 3 N–H and O–H groups in total. The summed E-state index contributed by atoms with van der Waals surface area (Å²) in [6.07, 6.45) is 1.37. The maximum atomic E-state index is 12.0. The first-order chi connectivity index (χ1) is 11.4. The molecule has 4 nitrogen and oxygen atoms in total. The van der Waals surface area contributed by atoms with Crippen molar-refractivity contribution in [1.82, 2.24) is 4.98 Å². The van der Waals surface area contributed by atoms with E-state index in [2.05, 4.69) is 18.8 Å². The van der Waals surface area contributed by atoms with Crippen molar-refractivity contribution in [3.05, 3.63) is 52.3 Å². The Morgan fingerprint density at radius 3 is 2.15 bits per heavy atom. The molecule has 1 aromatic heterocycles. The summed E-state index contributed by atoms with van der Waals surface area (Å²) in [7, 11) is 0. The highest BCUT2D eigenvalue weighted by Gasteiger charge is 2.24. The predicted molar refractivity (Wildman–Crippen MR) is 112 cm³/mol. The molecule has 0 atom stereocenters. The molecule has 26 heavy (non-hydrogen) atoms. The standard InChI is InChI=1S/C20H26N2O2.2ClH/c1-5-16-19(20(23)24)18(14-8-6-13(4)7-9-14)15(11-21)17(22-16)10-12(2)3;;/h6-9,12H,5,10-11,21H2,1-4H3,(H,23,24);2*1H. The summed E-state index contributed by atoms with van der Waals surface area (Å²) in [6.45, 7) is 8.49. The minimum absolute atomic E-state index is 0. The molecule has 0 bridgehead atoms. The van der Waals surface area contributed by atoms with Gasteiger partial charge in [0, 0.05) is 17.8 Å². The Balaban J connectivity index is 0.00000312. The van der Waals surface area contributed by atoms with Gasteiger partial charge in [-0.2, -0.15) is 0 Å². The molecule has 0 aliphatic rings. The van der Waals surface area contributed by atoms with Gasteiger partial charge in [-0.3, -0.25) is 4.98 Å². The van der Waals surface area contributed by atoms with Crippen LogP contribution in [0.5, 0.6) is 0 Å². The van der Waals surface area contributed by atoms with Gasteiger partial charge in [-0.25, -0.2) is 4.79 Å². The second-order valence-electron chi connectivity index (χ2n) is 6.56. The van der Waals surface area contributed by atoms with Crippen LogP contribution in [0.2, 0.25) is 0 Å². The first-order valence-electron chi connectivity index (χ1n) is 8.44. The zero-order valence-corrected chi connectivity index (χ0v) is 17.3. The topological polar surface area (TPSA) is 76.2 Å². The average molecular weight is 399 g/mol. The number of benzene rings is 1. The van der Waals surface area contributed by atoms with Crippen molar-refractivity contribution in [3.63, 3.8) is 0 Å². The Labute approximate surface area is 168 Å². The van der Waals surface area contributed by atoms with Crippen LogP contribution in [-0.4, -0.2) is 16.1 Å². The van der Waals surface area contributed by atoms with E-state index in [1.807, 2.05) is 38.1 Å². The number of nitrogens with zero attached hydrogens (tertiary/aromatic N) is 1. The summed E-state index contributed by atoms with van der Waals surface area (Å²) >= 11 is 0. The minimum Gasteiger partial charge on any atom is -0.478 e. The van der Waals surface area contributed by atoms with Gasteiger partial charge in [-0.15, -0.1) is 24.8 Å². The molecular weight excluding hydrogens is 371 g/mol. The molecule has 1 aromatic carbocycles. The van der Waals surface area contributed by atoms with Crippen LogP contribution < -0.4 is 5.73 Å². The molecule has 6 heteroatoms. The molecular formula is C20H28Cl2N2O2. The Hall–Kier alpha value is -1.62.